The van der Waals surface area contributed by atoms with Gasteiger partial charge >= 0.3 is 0 Å². The summed E-state index contributed by atoms with van der Waals surface area (Å²) < 4.78 is 11.3. The predicted octanol–water partition coefficient (Wildman–Crippen LogP) is 2.13. The summed E-state index contributed by atoms with van der Waals surface area (Å²) in [6.07, 6.45) is 3.74. The molecule has 2 aliphatic rings. The normalized spacial score (nSPS) is 18.2. The Morgan fingerprint density at radius 2 is 2.04 bits per heavy atom. The maximum atomic E-state index is 11.9. The Morgan fingerprint density at radius 1 is 1.33 bits per heavy atom. The number of carbonyl (C=O) groups is 1. The van der Waals surface area contributed by atoms with Crippen LogP contribution in [0.5, 0.6) is 5.75 Å². The molecule has 1 amide bonds. The molecule has 1 heterocycles. The number of amides is 1. The minimum Gasteiger partial charge on any atom is -0.492 e. The van der Waals surface area contributed by atoms with E-state index >= 15 is 0 Å². The van der Waals surface area contributed by atoms with Crippen LogP contribution in [-0.2, 0) is 16.1 Å². The topological polar surface area (TPSA) is 76.8 Å². The molecule has 3 rings (SSSR count). The van der Waals surface area contributed by atoms with Crippen molar-refractivity contribution in [1.82, 2.24) is 10.2 Å². The molecule has 1 saturated carbocycles. The van der Waals surface area contributed by atoms with E-state index in [1.165, 1.54) is 0 Å². The molecule has 1 aliphatic carbocycles. The lowest BCUT2D eigenvalue weighted by atomic mass is 10.1. The number of nitrogens with one attached hydrogen (secondary N) is 1. The van der Waals surface area contributed by atoms with Crippen molar-refractivity contribution in [2.24, 2.45) is 5.73 Å². The van der Waals surface area contributed by atoms with Crippen LogP contribution in [0.2, 0.25) is 0 Å². The van der Waals surface area contributed by atoms with Crippen LogP contribution in [0.3, 0.4) is 0 Å². The van der Waals surface area contributed by atoms with Gasteiger partial charge in [-0.25, -0.2) is 0 Å². The highest BCUT2D eigenvalue weighted by Gasteiger charge is 2.45. The van der Waals surface area contributed by atoms with Gasteiger partial charge in [0.05, 0.1) is 5.54 Å². The molecule has 0 bridgehead atoms. The number of halogens is 2. The van der Waals surface area contributed by atoms with Gasteiger partial charge in [-0.05, 0) is 50.4 Å². The van der Waals surface area contributed by atoms with Gasteiger partial charge in [0.25, 0.3) is 0 Å². The third-order valence-corrected chi connectivity index (χ3v) is 5.12. The smallest absolute Gasteiger partial charge is 0.240 e. The van der Waals surface area contributed by atoms with Crippen molar-refractivity contribution in [3.8, 4) is 5.75 Å². The first-order chi connectivity index (χ1) is 12.1. The van der Waals surface area contributed by atoms with Crippen LogP contribution >= 0.6 is 24.8 Å². The van der Waals surface area contributed by atoms with E-state index in [-0.39, 0.29) is 30.7 Å². The largest absolute Gasteiger partial charge is 0.492 e. The highest BCUT2D eigenvalue weighted by atomic mass is 35.5. The summed E-state index contributed by atoms with van der Waals surface area (Å²) in [6.45, 7) is 3.73. The number of nitrogens with zero attached hydrogens (tertiary/aromatic N) is 1. The van der Waals surface area contributed by atoms with Crippen molar-refractivity contribution < 1.29 is 14.3 Å². The Bertz CT molecular complexity index is 593. The first-order valence-corrected chi connectivity index (χ1v) is 9.14. The van der Waals surface area contributed by atoms with Gasteiger partial charge in [-0.2, -0.15) is 0 Å². The number of hydrogen-bond donors (Lipinski definition) is 2. The predicted molar refractivity (Wildman–Crippen MR) is 111 cm³/mol. The lowest BCUT2D eigenvalue weighted by Crippen LogP contribution is -2.42. The zero-order valence-electron chi connectivity index (χ0n) is 15.8. The molecule has 0 radical (unpaired) electrons. The van der Waals surface area contributed by atoms with E-state index in [2.05, 4.69) is 17.3 Å². The first kappa shape index (κ1) is 24.0. The number of ether oxygens (including phenoxy) is 2. The zero-order chi connectivity index (χ0) is 17.7. The average molecular weight is 420 g/mol. The SMILES string of the molecule is CN(CCOc1cccc(CNC(=O)C2(N)CC2)c1)C1CCOCC1.Cl.Cl. The van der Waals surface area contributed by atoms with Gasteiger partial charge in [-0.15, -0.1) is 24.8 Å². The Kier molecular flexibility index (Phi) is 9.84. The maximum Gasteiger partial charge on any atom is 0.240 e. The van der Waals surface area contributed by atoms with Crippen LogP contribution in [0.15, 0.2) is 24.3 Å². The lowest BCUT2D eigenvalue weighted by molar-refractivity contribution is -0.123. The van der Waals surface area contributed by atoms with E-state index in [1.54, 1.807) is 0 Å². The molecule has 3 N–H and O–H groups in total. The van der Waals surface area contributed by atoms with E-state index in [0.717, 1.165) is 56.8 Å². The van der Waals surface area contributed by atoms with Gasteiger partial charge in [0, 0.05) is 32.3 Å². The molecule has 6 nitrogen and oxygen atoms in total. The molecular weight excluding hydrogens is 389 g/mol. The number of rotatable bonds is 8. The fourth-order valence-corrected chi connectivity index (χ4v) is 3.08. The third kappa shape index (κ3) is 7.12. The van der Waals surface area contributed by atoms with E-state index < -0.39 is 5.54 Å². The fourth-order valence-electron chi connectivity index (χ4n) is 3.08. The van der Waals surface area contributed by atoms with E-state index in [1.807, 2.05) is 24.3 Å². The van der Waals surface area contributed by atoms with Gasteiger partial charge in [0.15, 0.2) is 0 Å². The number of nitrogens with two attached hydrogens (primary N) is 1. The number of hydrogen-bond acceptors (Lipinski definition) is 5. The van der Waals surface area contributed by atoms with Crippen LogP contribution in [-0.4, -0.2) is 55.8 Å². The van der Waals surface area contributed by atoms with Gasteiger partial charge in [-0.3, -0.25) is 9.69 Å². The third-order valence-electron chi connectivity index (χ3n) is 5.12. The van der Waals surface area contributed by atoms with Crippen molar-refractivity contribution in [2.45, 2.75) is 43.8 Å². The zero-order valence-corrected chi connectivity index (χ0v) is 17.4. The summed E-state index contributed by atoms with van der Waals surface area (Å²) in [4.78, 5) is 14.3. The monoisotopic (exact) mass is 419 g/mol. The first-order valence-electron chi connectivity index (χ1n) is 9.14. The van der Waals surface area contributed by atoms with Gasteiger partial charge < -0.3 is 20.5 Å². The Labute approximate surface area is 174 Å². The minimum atomic E-state index is -0.622. The molecule has 0 spiro atoms. The van der Waals surface area contributed by atoms with Crippen LogP contribution < -0.4 is 15.8 Å². The summed E-state index contributed by atoms with van der Waals surface area (Å²) in [7, 11) is 2.14. The van der Waals surface area contributed by atoms with Crippen LogP contribution in [0.25, 0.3) is 0 Å². The number of benzene rings is 1. The molecule has 0 atom stereocenters. The van der Waals surface area contributed by atoms with Gasteiger partial charge in [0.2, 0.25) is 5.91 Å². The second-order valence-corrected chi connectivity index (χ2v) is 7.16. The Morgan fingerprint density at radius 3 is 2.70 bits per heavy atom. The van der Waals surface area contributed by atoms with E-state index in [4.69, 9.17) is 15.2 Å². The van der Waals surface area contributed by atoms with Crippen LogP contribution in [0, 0.1) is 0 Å². The van der Waals surface area contributed by atoms with Crippen LogP contribution in [0.4, 0.5) is 0 Å². The highest BCUT2D eigenvalue weighted by molar-refractivity contribution is 5.88. The summed E-state index contributed by atoms with van der Waals surface area (Å²) >= 11 is 0. The Balaban J connectivity index is 0.00000182. The minimum absolute atomic E-state index is 0. The molecular formula is C19H31Cl2N3O3. The standard InChI is InChI=1S/C19H29N3O3.2ClH/c1-22(16-5-10-24-11-6-16)9-12-25-17-4-2-3-15(13-17)14-21-18(23)19(20)7-8-19;;/h2-4,13,16H,5-12,14,20H2,1H3,(H,21,23);2*1H. The van der Waals surface area contributed by atoms with Crippen LogP contribution in [0.1, 0.15) is 31.2 Å². The fraction of sp³-hybridized carbons (Fsp3) is 0.632. The van der Waals surface area contributed by atoms with Crippen molar-refractivity contribution in [1.29, 1.82) is 0 Å². The molecule has 1 aromatic carbocycles. The molecule has 1 aliphatic heterocycles. The summed E-state index contributed by atoms with van der Waals surface area (Å²) in [5, 5.41) is 2.91. The Hall–Kier alpha value is -1.05. The van der Waals surface area contributed by atoms with Crippen molar-refractivity contribution in [3.05, 3.63) is 29.8 Å². The molecule has 1 saturated heterocycles. The molecule has 0 unspecified atom stereocenters. The highest BCUT2D eigenvalue weighted by Crippen LogP contribution is 2.32. The average Bonchev–Trinajstić information content (AvgIpc) is 3.39. The molecule has 2 fully saturated rings. The van der Waals surface area contributed by atoms with Gasteiger partial charge in [0.1, 0.15) is 12.4 Å². The van der Waals surface area contributed by atoms with Crippen molar-refractivity contribution >= 4 is 30.7 Å². The lowest BCUT2D eigenvalue weighted by Gasteiger charge is -2.31. The molecule has 154 valence electrons. The summed E-state index contributed by atoms with van der Waals surface area (Å²) in [5.41, 5.74) is 6.29. The molecule has 8 heteroatoms. The number of carbonyl (C=O) groups excluding carboxylic acids is 1. The molecule has 0 aromatic heterocycles. The molecule has 27 heavy (non-hydrogen) atoms. The quantitative estimate of drug-likeness (QED) is 0.674. The molecule has 1 aromatic rings. The van der Waals surface area contributed by atoms with E-state index in [0.29, 0.717) is 19.2 Å². The van der Waals surface area contributed by atoms with Crippen molar-refractivity contribution in [3.63, 3.8) is 0 Å². The second kappa shape index (κ2) is 11.1. The second-order valence-electron chi connectivity index (χ2n) is 7.16. The van der Waals surface area contributed by atoms with Gasteiger partial charge in [-0.1, -0.05) is 12.1 Å². The van der Waals surface area contributed by atoms with Crippen molar-refractivity contribution in [2.75, 3.05) is 33.4 Å². The summed E-state index contributed by atoms with van der Waals surface area (Å²) in [6, 6.07) is 8.45. The maximum absolute atomic E-state index is 11.9. The number of likely N-dealkylation sites (N-methyl/N-ethyl adjacent to an activating group) is 1. The summed E-state index contributed by atoms with van der Waals surface area (Å²) in [5.74, 6) is 0.776. The van der Waals surface area contributed by atoms with E-state index in [9.17, 15) is 4.79 Å².